The van der Waals surface area contributed by atoms with Crippen LogP contribution >= 0.6 is 34.8 Å². The summed E-state index contributed by atoms with van der Waals surface area (Å²) in [6.45, 7) is 1.83. The van der Waals surface area contributed by atoms with Gasteiger partial charge in [0, 0.05) is 23.6 Å². The Kier molecular flexibility index (Phi) is 5.56. The molecule has 2 saturated heterocycles. The first kappa shape index (κ1) is 25.4. The van der Waals surface area contributed by atoms with E-state index in [2.05, 4.69) is 0 Å². The third kappa shape index (κ3) is 3.04. The van der Waals surface area contributed by atoms with Crippen molar-refractivity contribution in [2.24, 2.45) is 17.8 Å². The number of aromatic hydroxyl groups is 1. The maximum atomic E-state index is 13.9. The number of allylic oxidation sites excluding steroid dienone is 2. The standard InChI is InChI=1S/C28H23Cl3N2O5/c1-13-7-8-14(11-19(13)29)33-23(35)17-10-9-15-18(21(17)24(33)36)12-27(30)25(37)32(2)26(38)28(27,31)22(15)16-5-3-4-6-20(16)34/h3-9,11,17-18,21-22,34H,10,12H2,1-2H3. The van der Waals surface area contributed by atoms with Crippen molar-refractivity contribution in [2.75, 3.05) is 11.9 Å². The van der Waals surface area contributed by atoms with E-state index in [9.17, 15) is 24.3 Å². The second-order valence-corrected chi connectivity index (χ2v) is 12.2. The molecule has 6 unspecified atom stereocenters. The molecule has 2 aromatic carbocycles. The van der Waals surface area contributed by atoms with E-state index in [1.165, 1.54) is 13.1 Å². The SMILES string of the molecule is Cc1ccc(N2C(=O)C3CC=C4C(CC5(Cl)C(=O)N(C)C(=O)C5(Cl)C4c4ccccc4O)C3C2=O)cc1Cl. The lowest BCUT2D eigenvalue weighted by molar-refractivity contribution is -0.138. The maximum Gasteiger partial charge on any atom is 0.253 e. The quantitative estimate of drug-likeness (QED) is 0.323. The van der Waals surface area contributed by atoms with E-state index >= 15 is 0 Å². The highest BCUT2D eigenvalue weighted by molar-refractivity contribution is 6.53. The lowest BCUT2D eigenvalue weighted by Crippen LogP contribution is -2.60. The van der Waals surface area contributed by atoms with Crippen molar-refractivity contribution in [1.82, 2.24) is 4.90 Å². The monoisotopic (exact) mass is 572 g/mol. The molecule has 1 N–H and O–H groups in total. The van der Waals surface area contributed by atoms with Crippen molar-refractivity contribution in [3.05, 3.63) is 70.3 Å². The lowest BCUT2D eigenvalue weighted by Gasteiger charge is -2.50. The normalized spacial score (nSPS) is 34.3. The highest BCUT2D eigenvalue weighted by atomic mass is 35.5. The van der Waals surface area contributed by atoms with Crippen LogP contribution in [-0.2, 0) is 19.2 Å². The third-order valence-corrected chi connectivity index (χ3v) is 10.5. The summed E-state index contributed by atoms with van der Waals surface area (Å²) in [5, 5.41) is 11.3. The average molecular weight is 574 g/mol. The minimum absolute atomic E-state index is 0.106. The molecule has 2 heterocycles. The van der Waals surface area contributed by atoms with Crippen molar-refractivity contribution in [1.29, 1.82) is 0 Å². The van der Waals surface area contributed by atoms with Crippen LogP contribution in [0.25, 0.3) is 0 Å². The number of imide groups is 2. The highest BCUT2D eigenvalue weighted by Crippen LogP contribution is 2.66. The first-order valence-corrected chi connectivity index (χ1v) is 13.4. The van der Waals surface area contributed by atoms with Gasteiger partial charge in [-0.05, 0) is 49.4 Å². The second-order valence-electron chi connectivity index (χ2n) is 10.5. The number of hydrogen-bond acceptors (Lipinski definition) is 5. The van der Waals surface area contributed by atoms with Crippen LogP contribution in [0.15, 0.2) is 54.1 Å². The van der Waals surface area contributed by atoms with E-state index < -0.39 is 51.1 Å². The van der Waals surface area contributed by atoms with Gasteiger partial charge in [-0.15, -0.1) is 23.2 Å². The van der Waals surface area contributed by atoms with Crippen LogP contribution < -0.4 is 4.90 Å². The number of benzene rings is 2. The van der Waals surface area contributed by atoms with Gasteiger partial charge in [0.1, 0.15) is 5.75 Å². The fourth-order valence-electron chi connectivity index (χ4n) is 6.80. The van der Waals surface area contributed by atoms with Crippen LogP contribution in [0.4, 0.5) is 5.69 Å². The number of phenolic OH excluding ortho intramolecular Hbond substituents is 1. The van der Waals surface area contributed by atoms with Gasteiger partial charge in [0.25, 0.3) is 11.8 Å². The van der Waals surface area contributed by atoms with Crippen molar-refractivity contribution in [2.45, 2.75) is 35.4 Å². The molecule has 0 bridgehead atoms. The summed E-state index contributed by atoms with van der Waals surface area (Å²) in [4.78, 5) is 52.7. The van der Waals surface area contributed by atoms with Gasteiger partial charge in [0.05, 0.1) is 17.5 Å². The van der Waals surface area contributed by atoms with E-state index in [-0.39, 0.29) is 24.5 Å². The Morgan fingerprint density at radius 1 is 0.974 bits per heavy atom. The first-order valence-electron chi connectivity index (χ1n) is 12.3. The summed E-state index contributed by atoms with van der Waals surface area (Å²) in [7, 11) is 1.33. The molecule has 6 rings (SSSR count). The van der Waals surface area contributed by atoms with Gasteiger partial charge in [-0.3, -0.25) is 24.1 Å². The van der Waals surface area contributed by atoms with E-state index in [1.54, 1.807) is 36.4 Å². The number of phenols is 1. The zero-order chi connectivity index (χ0) is 27.3. The molecule has 10 heteroatoms. The maximum absolute atomic E-state index is 13.9. The molecule has 0 radical (unpaired) electrons. The number of carbonyl (C=O) groups excluding carboxylic acids is 4. The van der Waals surface area contributed by atoms with Crippen molar-refractivity contribution < 1.29 is 24.3 Å². The lowest BCUT2D eigenvalue weighted by atomic mass is 9.56. The van der Waals surface area contributed by atoms with Crippen LogP contribution in [0, 0.1) is 24.7 Å². The van der Waals surface area contributed by atoms with E-state index in [0.717, 1.165) is 15.4 Å². The van der Waals surface area contributed by atoms with Crippen LogP contribution in [0.1, 0.15) is 29.9 Å². The number of likely N-dealkylation sites (tertiary alicyclic amines) is 1. The molecule has 2 aromatic rings. The summed E-state index contributed by atoms with van der Waals surface area (Å²) < 4.78 is 0. The molecule has 1 saturated carbocycles. The van der Waals surface area contributed by atoms with Gasteiger partial charge >= 0.3 is 0 Å². The molecule has 4 aliphatic rings. The fraction of sp³-hybridized carbons (Fsp3) is 0.357. The first-order chi connectivity index (χ1) is 17.9. The number of amides is 4. The van der Waals surface area contributed by atoms with Crippen molar-refractivity contribution >= 4 is 64.1 Å². The predicted molar refractivity (Wildman–Crippen MR) is 142 cm³/mol. The molecule has 0 aromatic heterocycles. The van der Waals surface area contributed by atoms with Crippen LogP contribution in [0.2, 0.25) is 5.02 Å². The van der Waals surface area contributed by atoms with Crippen LogP contribution in [-0.4, -0.2) is 50.4 Å². The Balaban J connectivity index is 1.52. The Labute approximate surface area is 233 Å². The van der Waals surface area contributed by atoms with E-state index in [0.29, 0.717) is 21.8 Å². The van der Waals surface area contributed by atoms with Crippen LogP contribution in [0.3, 0.4) is 0 Å². The number of halogens is 3. The predicted octanol–water partition coefficient (Wildman–Crippen LogP) is 4.55. The molecule has 6 atom stereocenters. The number of aryl methyl sites for hydroxylation is 1. The average Bonchev–Trinajstić information content (AvgIpc) is 3.21. The molecule has 7 nitrogen and oxygen atoms in total. The Morgan fingerprint density at radius 3 is 2.37 bits per heavy atom. The largest absolute Gasteiger partial charge is 0.508 e. The number of anilines is 1. The summed E-state index contributed by atoms with van der Waals surface area (Å²) in [6, 6.07) is 11.4. The summed E-state index contributed by atoms with van der Waals surface area (Å²) in [6.07, 6.45) is 1.96. The Hall–Kier alpha value is -2.87. The molecular weight excluding hydrogens is 551 g/mol. The second kappa shape index (κ2) is 8.31. The smallest absolute Gasteiger partial charge is 0.253 e. The van der Waals surface area contributed by atoms with Crippen molar-refractivity contribution in [3.63, 3.8) is 0 Å². The van der Waals surface area contributed by atoms with Gasteiger partial charge < -0.3 is 5.11 Å². The topological polar surface area (TPSA) is 95.0 Å². The van der Waals surface area contributed by atoms with E-state index in [4.69, 9.17) is 34.8 Å². The Bertz CT molecular complexity index is 1490. The van der Waals surface area contributed by atoms with Crippen LogP contribution in [0.5, 0.6) is 5.75 Å². The third-order valence-electron chi connectivity index (χ3n) is 8.68. The summed E-state index contributed by atoms with van der Waals surface area (Å²) in [5.41, 5.74) is 2.14. The number of alkyl halides is 2. The number of para-hydroxylation sites is 1. The minimum Gasteiger partial charge on any atom is -0.508 e. The summed E-state index contributed by atoms with van der Waals surface area (Å²) in [5.74, 6) is -5.36. The molecule has 3 fully saturated rings. The van der Waals surface area contributed by atoms with Gasteiger partial charge in [0.2, 0.25) is 11.8 Å². The number of fused-ring (bicyclic) bond motifs is 4. The molecule has 196 valence electrons. The van der Waals surface area contributed by atoms with Crippen molar-refractivity contribution in [3.8, 4) is 5.75 Å². The molecule has 2 aliphatic heterocycles. The number of nitrogens with zero attached hydrogens (tertiary/aromatic N) is 2. The number of carbonyl (C=O) groups is 4. The molecule has 2 aliphatic carbocycles. The van der Waals surface area contributed by atoms with Gasteiger partial charge in [-0.2, -0.15) is 0 Å². The highest BCUT2D eigenvalue weighted by Gasteiger charge is 2.76. The Morgan fingerprint density at radius 2 is 1.68 bits per heavy atom. The van der Waals surface area contributed by atoms with Gasteiger partial charge in [0.15, 0.2) is 9.75 Å². The molecule has 4 amide bonds. The fourth-order valence-corrected chi connectivity index (χ4v) is 7.98. The molecule has 0 spiro atoms. The zero-order valence-electron chi connectivity index (χ0n) is 20.5. The number of hydrogen-bond donors (Lipinski definition) is 1. The van der Waals surface area contributed by atoms with Gasteiger partial charge in [-0.1, -0.05) is 47.5 Å². The summed E-state index contributed by atoms with van der Waals surface area (Å²) >= 11 is 20.5. The zero-order valence-corrected chi connectivity index (χ0v) is 22.7. The minimum atomic E-state index is -1.93. The van der Waals surface area contributed by atoms with Gasteiger partial charge in [-0.25, -0.2) is 4.90 Å². The van der Waals surface area contributed by atoms with E-state index in [1.807, 2.05) is 13.0 Å². The molecular formula is C28H23Cl3N2O5. The molecule has 38 heavy (non-hydrogen) atoms. The number of rotatable bonds is 2.